The van der Waals surface area contributed by atoms with E-state index < -0.39 is 0 Å². The Morgan fingerprint density at radius 3 is 2.64 bits per heavy atom. The third kappa shape index (κ3) is 2.86. The van der Waals surface area contributed by atoms with Crippen molar-refractivity contribution in [2.24, 2.45) is 7.05 Å². The second-order valence-electron chi connectivity index (χ2n) is 5.24. The molecule has 22 heavy (non-hydrogen) atoms. The number of aromatic nitrogens is 4. The molecule has 0 saturated carbocycles. The van der Waals surface area contributed by atoms with Gasteiger partial charge in [-0.3, -0.25) is 4.68 Å². The molecule has 6 nitrogen and oxygen atoms in total. The molecule has 3 rings (SSSR count). The summed E-state index contributed by atoms with van der Waals surface area (Å²) in [5.41, 5.74) is 4.45. The largest absolute Gasteiger partial charge is 0.351 e. The lowest BCUT2D eigenvalue weighted by Crippen LogP contribution is -2.07. The van der Waals surface area contributed by atoms with E-state index in [9.17, 15) is 0 Å². The maximum atomic E-state index is 5.26. The van der Waals surface area contributed by atoms with Crippen LogP contribution >= 0.6 is 0 Å². The molecule has 2 heterocycles. The van der Waals surface area contributed by atoms with Gasteiger partial charge in [0.2, 0.25) is 0 Å². The van der Waals surface area contributed by atoms with E-state index in [0.29, 0.717) is 11.8 Å². The number of hydrogen-bond donors (Lipinski definition) is 1. The molecule has 0 bridgehead atoms. The number of hydrogen-bond acceptors (Lipinski definition) is 5. The molecule has 0 aliphatic carbocycles. The van der Waals surface area contributed by atoms with E-state index in [-0.39, 0.29) is 0 Å². The Morgan fingerprint density at radius 2 is 1.95 bits per heavy atom. The molecule has 114 valence electrons. The monoisotopic (exact) mass is 297 g/mol. The van der Waals surface area contributed by atoms with Crippen LogP contribution < -0.4 is 5.32 Å². The van der Waals surface area contributed by atoms with Gasteiger partial charge >= 0.3 is 0 Å². The molecule has 0 atom stereocenters. The normalized spacial score (nSPS) is 10.9. The van der Waals surface area contributed by atoms with Crippen molar-refractivity contribution in [2.75, 3.05) is 11.9 Å². The number of rotatable bonds is 5. The van der Waals surface area contributed by atoms with Crippen molar-refractivity contribution in [1.29, 1.82) is 0 Å². The summed E-state index contributed by atoms with van der Waals surface area (Å²) in [6, 6.07) is 9.73. The van der Waals surface area contributed by atoms with E-state index in [1.807, 2.05) is 49.0 Å². The van der Waals surface area contributed by atoms with Crippen LogP contribution in [0.2, 0.25) is 0 Å². The molecule has 0 fully saturated rings. The van der Waals surface area contributed by atoms with Gasteiger partial charge in [0.05, 0.1) is 5.69 Å². The van der Waals surface area contributed by atoms with Gasteiger partial charge < -0.3 is 9.84 Å². The molecule has 0 aliphatic heterocycles. The minimum absolute atomic E-state index is 0.512. The molecule has 2 aromatic heterocycles. The van der Waals surface area contributed by atoms with E-state index in [0.717, 1.165) is 24.2 Å². The highest BCUT2D eigenvalue weighted by molar-refractivity contribution is 5.53. The predicted octanol–water partition coefficient (Wildman–Crippen LogP) is 2.74. The van der Waals surface area contributed by atoms with E-state index in [4.69, 9.17) is 4.52 Å². The molecule has 6 heteroatoms. The SMILES string of the molecule is Cc1nn(C)c(C)c1CCNc1noc(-c2ccccc2)n1. The predicted molar refractivity (Wildman–Crippen MR) is 84.6 cm³/mol. The Labute approximate surface area is 129 Å². The van der Waals surface area contributed by atoms with Gasteiger partial charge in [-0.1, -0.05) is 18.2 Å². The number of aryl methyl sites for hydroxylation is 2. The topological polar surface area (TPSA) is 68.8 Å². The lowest BCUT2D eigenvalue weighted by molar-refractivity contribution is 0.432. The molecule has 0 amide bonds. The van der Waals surface area contributed by atoms with Gasteiger partial charge in [-0.05, 0) is 43.1 Å². The molecule has 0 radical (unpaired) electrons. The number of anilines is 1. The number of benzene rings is 1. The van der Waals surface area contributed by atoms with Gasteiger partial charge in [-0.2, -0.15) is 10.1 Å². The molecule has 3 aromatic rings. The highest BCUT2D eigenvalue weighted by Crippen LogP contribution is 2.18. The first-order valence-corrected chi connectivity index (χ1v) is 7.27. The van der Waals surface area contributed by atoms with Gasteiger partial charge in [0.15, 0.2) is 0 Å². The smallest absolute Gasteiger partial charge is 0.263 e. The van der Waals surface area contributed by atoms with Crippen LogP contribution in [-0.2, 0) is 13.5 Å². The van der Waals surface area contributed by atoms with Crippen molar-refractivity contribution in [3.63, 3.8) is 0 Å². The zero-order valence-corrected chi connectivity index (χ0v) is 13.0. The minimum Gasteiger partial charge on any atom is -0.351 e. The van der Waals surface area contributed by atoms with Crippen molar-refractivity contribution < 1.29 is 4.52 Å². The Balaban J connectivity index is 1.62. The first kappa shape index (κ1) is 14.3. The van der Waals surface area contributed by atoms with Crippen LogP contribution in [0.4, 0.5) is 5.95 Å². The first-order chi connectivity index (χ1) is 10.6. The van der Waals surface area contributed by atoms with Crippen LogP contribution in [-0.4, -0.2) is 26.5 Å². The van der Waals surface area contributed by atoms with Gasteiger partial charge in [0.25, 0.3) is 11.8 Å². The van der Waals surface area contributed by atoms with Crippen molar-refractivity contribution in [3.05, 3.63) is 47.3 Å². The van der Waals surface area contributed by atoms with Crippen LogP contribution in [0.1, 0.15) is 17.0 Å². The zero-order valence-electron chi connectivity index (χ0n) is 13.0. The minimum atomic E-state index is 0.512. The lowest BCUT2D eigenvalue weighted by Gasteiger charge is -2.02. The highest BCUT2D eigenvalue weighted by Gasteiger charge is 2.10. The average Bonchev–Trinajstić information content (AvgIpc) is 3.08. The molecule has 1 N–H and O–H groups in total. The van der Waals surface area contributed by atoms with Crippen molar-refractivity contribution in [3.8, 4) is 11.5 Å². The Hall–Kier alpha value is -2.63. The highest BCUT2D eigenvalue weighted by atomic mass is 16.5. The molecule has 0 saturated heterocycles. The Kier molecular flexibility index (Phi) is 3.91. The van der Waals surface area contributed by atoms with E-state index in [1.165, 1.54) is 11.3 Å². The molecular formula is C16H19N5O. The van der Waals surface area contributed by atoms with Crippen LogP contribution in [0, 0.1) is 13.8 Å². The van der Waals surface area contributed by atoms with Crippen molar-refractivity contribution in [1.82, 2.24) is 19.9 Å². The number of nitrogens with one attached hydrogen (secondary N) is 1. The first-order valence-electron chi connectivity index (χ1n) is 7.27. The summed E-state index contributed by atoms with van der Waals surface area (Å²) in [5.74, 6) is 1.04. The summed E-state index contributed by atoms with van der Waals surface area (Å²) >= 11 is 0. The third-order valence-corrected chi connectivity index (χ3v) is 3.76. The maximum absolute atomic E-state index is 5.26. The van der Waals surface area contributed by atoms with E-state index >= 15 is 0 Å². The quantitative estimate of drug-likeness (QED) is 0.784. The van der Waals surface area contributed by atoms with Crippen LogP contribution in [0.5, 0.6) is 0 Å². The summed E-state index contributed by atoms with van der Waals surface area (Å²) in [4.78, 5) is 4.35. The fraction of sp³-hybridized carbons (Fsp3) is 0.312. The molecule has 0 aliphatic rings. The van der Waals surface area contributed by atoms with Gasteiger partial charge in [-0.15, -0.1) is 0 Å². The second-order valence-corrected chi connectivity index (χ2v) is 5.24. The van der Waals surface area contributed by atoms with E-state index in [1.54, 1.807) is 0 Å². The maximum Gasteiger partial charge on any atom is 0.263 e. The van der Waals surface area contributed by atoms with Crippen molar-refractivity contribution >= 4 is 5.95 Å². The molecule has 0 unspecified atom stereocenters. The third-order valence-electron chi connectivity index (χ3n) is 3.76. The van der Waals surface area contributed by atoms with Crippen molar-refractivity contribution in [2.45, 2.75) is 20.3 Å². The summed E-state index contributed by atoms with van der Waals surface area (Å²) in [6.07, 6.45) is 0.876. The van der Waals surface area contributed by atoms with Crippen LogP contribution in [0.25, 0.3) is 11.5 Å². The summed E-state index contributed by atoms with van der Waals surface area (Å²) in [7, 11) is 1.96. The molecule has 0 spiro atoms. The molecule has 1 aromatic carbocycles. The summed E-state index contributed by atoms with van der Waals surface area (Å²) in [5, 5.41) is 11.6. The van der Waals surface area contributed by atoms with E-state index in [2.05, 4.69) is 27.5 Å². The standard InChI is InChI=1S/C16H19N5O/c1-11-14(12(2)21(3)19-11)9-10-17-16-18-15(22-20-16)13-7-5-4-6-8-13/h4-8H,9-10H2,1-3H3,(H,17,20). The Morgan fingerprint density at radius 1 is 1.18 bits per heavy atom. The second kappa shape index (κ2) is 6.01. The zero-order chi connectivity index (χ0) is 15.5. The average molecular weight is 297 g/mol. The summed E-state index contributed by atoms with van der Waals surface area (Å²) < 4.78 is 7.17. The van der Waals surface area contributed by atoms with Gasteiger partial charge in [0.1, 0.15) is 0 Å². The fourth-order valence-electron chi connectivity index (χ4n) is 2.47. The van der Waals surface area contributed by atoms with Gasteiger partial charge in [-0.25, -0.2) is 0 Å². The van der Waals surface area contributed by atoms with Crippen LogP contribution in [0.15, 0.2) is 34.9 Å². The number of nitrogens with zero attached hydrogens (tertiary/aromatic N) is 4. The van der Waals surface area contributed by atoms with Crippen LogP contribution in [0.3, 0.4) is 0 Å². The lowest BCUT2D eigenvalue weighted by atomic mass is 10.1. The Bertz CT molecular complexity index is 760. The summed E-state index contributed by atoms with van der Waals surface area (Å²) in [6.45, 7) is 4.85. The molecular weight excluding hydrogens is 278 g/mol. The fourth-order valence-corrected chi connectivity index (χ4v) is 2.47. The van der Waals surface area contributed by atoms with Gasteiger partial charge in [0, 0.05) is 24.8 Å².